The predicted molar refractivity (Wildman–Crippen MR) is 97.7 cm³/mol. The van der Waals surface area contributed by atoms with E-state index in [-0.39, 0.29) is 23.8 Å². The van der Waals surface area contributed by atoms with Crippen molar-refractivity contribution in [2.75, 3.05) is 18.6 Å². The summed E-state index contributed by atoms with van der Waals surface area (Å²) in [5.74, 6) is 0.665. The monoisotopic (exact) mass is 345 g/mol. The van der Waals surface area contributed by atoms with Gasteiger partial charge >= 0.3 is 5.97 Å². The number of benzene rings is 1. The summed E-state index contributed by atoms with van der Waals surface area (Å²) in [6.07, 6.45) is 6.57. The van der Waals surface area contributed by atoms with Crippen molar-refractivity contribution in [1.29, 1.82) is 0 Å². The van der Waals surface area contributed by atoms with Crippen LogP contribution in [0.25, 0.3) is 0 Å². The Labute approximate surface area is 149 Å². The smallest absolute Gasteiger partial charge is 0.330 e. The molecule has 0 aliphatic carbocycles. The number of piperidine rings is 1. The molecule has 0 unspecified atom stereocenters. The average Bonchev–Trinajstić information content (AvgIpc) is 2.63. The highest BCUT2D eigenvalue weighted by molar-refractivity contribution is 5.95. The molecule has 0 spiro atoms. The minimum absolute atomic E-state index is 0.0466. The number of anilines is 1. The van der Waals surface area contributed by atoms with Crippen LogP contribution in [0.2, 0.25) is 0 Å². The van der Waals surface area contributed by atoms with E-state index in [0.29, 0.717) is 13.0 Å². The summed E-state index contributed by atoms with van der Waals surface area (Å²) in [5.41, 5.74) is 0.874. The molecule has 1 amide bonds. The van der Waals surface area contributed by atoms with Gasteiger partial charge in [0.1, 0.15) is 5.75 Å². The molecule has 0 aromatic heterocycles. The van der Waals surface area contributed by atoms with Gasteiger partial charge in [-0.25, -0.2) is 4.79 Å². The minimum Gasteiger partial charge on any atom is -0.497 e. The van der Waals surface area contributed by atoms with E-state index >= 15 is 0 Å². The third-order valence-corrected chi connectivity index (χ3v) is 4.57. The second-order valence-corrected chi connectivity index (χ2v) is 6.10. The summed E-state index contributed by atoms with van der Waals surface area (Å²) in [6.45, 7) is 4.22. The zero-order chi connectivity index (χ0) is 18.2. The van der Waals surface area contributed by atoms with E-state index in [4.69, 9.17) is 9.47 Å². The molecule has 136 valence electrons. The van der Waals surface area contributed by atoms with E-state index in [1.807, 2.05) is 35.2 Å². The van der Waals surface area contributed by atoms with Crippen LogP contribution in [0.4, 0.5) is 5.69 Å². The molecule has 25 heavy (non-hydrogen) atoms. The maximum Gasteiger partial charge on any atom is 0.330 e. The van der Waals surface area contributed by atoms with Crippen LogP contribution in [0.1, 0.15) is 39.5 Å². The van der Waals surface area contributed by atoms with Crippen LogP contribution >= 0.6 is 0 Å². The summed E-state index contributed by atoms with van der Waals surface area (Å²) >= 11 is 0. The van der Waals surface area contributed by atoms with Gasteiger partial charge in [-0.05, 0) is 56.4 Å². The van der Waals surface area contributed by atoms with Gasteiger partial charge in [0.15, 0.2) is 0 Å². The van der Waals surface area contributed by atoms with Crippen LogP contribution < -0.4 is 9.64 Å². The summed E-state index contributed by atoms with van der Waals surface area (Å²) in [4.78, 5) is 26.1. The number of esters is 1. The lowest BCUT2D eigenvalue weighted by atomic mass is 9.87. The maximum absolute atomic E-state index is 12.6. The molecule has 1 aromatic carbocycles. The Morgan fingerprint density at radius 2 is 2.04 bits per heavy atom. The van der Waals surface area contributed by atoms with Crippen LogP contribution in [0, 0.1) is 5.92 Å². The fourth-order valence-corrected chi connectivity index (χ4v) is 3.31. The molecule has 5 nitrogen and oxygen atoms in total. The van der Waals surface area contributed by atoms with Gasteiger partial charge in [0.05, 0.1) is 13.7 Å². The Morgan fingerprint density at radius 3 is 2.64 bits per heavy atom. The van der Waals surface area contributed by atoms with Gasteiger partial charge in [0.25, 0.3) is 0 Å². The van der Waals surface area contributed by atoms with Crippen LogP contribution in [0.5, 0.6) is 5.75 Å². The standard InChI is InChI=1S/C20H27NO4/c1-4-15(9-14-20(23)25-5-2)18-7-6-8-19(22)21(18)16-10-12-17(24-3)13-11-16/h9-15,18H,4-8H2,1-3H3/b14-9+/t15-,18+/m0/s1. The van der Waals surface area contributed by atoms with Crippen molar-refractivity contribution >= 4 is 17.6 Å². The third-order valence-electron chi connectivity index (χ3n) is 4.57. The van der Waals surface area contributed by atoms with Gasteiger partial charge in [-0.1, -0.05) is 13.0 Å². The number of hydrogen-bond acceptors (Lipinski definition) is 4. The lowest BCUT2D eigenvalue weighted by molar-refractivity contribution is -0.137. The number of nitrogens with zero attached hydrogens (tertiary/aromatic N) is 1. The summed E-state index contributed by atoms with van der Waals surface area (Å²) in [6, 6.07) is 7.60. The van der Waals surface area contributed by atoms with Crippen LogP contribution in [-0.4, -0.2) is 31.6 Å². The van der Waals surface area contributed by atoms with Gasteiger partial charge in [0.2, 0.25) is 5.91 Å². The second-order valence-electron chi connectivity index (χ2n) is 6.10. The average molecular weight is 345 g/mol. The predicted octanol–water partition coefficient (Wildman–Crippen LogP) is 3.73. The van der Waals surface area contributed by atoms with Crippen molar-refractivity contribution in [3.63, 3.8) is 0 Å². The number of amides is 1. The van der Waals surface area contributed by atoms with Crippen molar-refractivity contribution in [3.8, 4) is 5.75 Å². The highest BCUT2D eigenvalue weighted by Crippen LogP contribution is 2.32. The van der Waals surface area contributed by atoms with Crippen molar-refractivity contribution in [3.05, 3.63) is 36.4 Å². The zero-order valence-electron chi connectivity index (χ0n) is 15.2. The van der Waals surface area contributed by atoms with E-state index in [0.717, 1.165) is 30.7 Å². The number of carbonyl (C=O) groups excluding carboxylic acids is 2. The molecule has 5 heteroatoms. The third kappa shape index (κ3) is 4.84. The molecule has 0 bridgehead atoms. The van der Waals surface area contributed by atoms with Crippen LogP contribution in [0.15, 0.2) is 36.4 Å². The minimum atomic E-state index is -0.334. The zero-order valence-corrected chi connectivity index (χ0v) is 15.2. The first-order valence-corrected chi connectivity index (χ1v) is 8.91. The number of methoxy groups -OCH3 is 1. The molecule has 1 heterocycles. The van der Waals surface area contributed by atoms with E-state index in [9.17, 15) is 9.59 Å². The Morgan fingerprint density at radius 1 is 1.32 bits per heavy atom. The molecule has 1 saturated heterocycles. The molecule has 1 aliphatic rings. The fourth-order valence-electron chi connectivity index (χ4n) is 3.31. The highest BCUT2D eigenvalue weighted by atomic mass is 16.5. The molecular weight excluding hydrogens is 318 g/mol. The molecule has 1 aliphatic heterocycles. The SMILES string of the molecule is CCOC(=O)/C=C/[C@H](CC)[C@H]1CCCC(=O)N1c1ccc(OC)cc1. The molecule has 0 saturated carbocycles. The van der Waals surface area contributed by atoms with E-state index in [1.165, 1.54) is 6.08 Å². The fraction of sp³-hybridized carbons (Fsp3) is 0.500. The first-order valence-electron chi connectivity index (χ1n) is 8.91. The van der Waals surface area contributed by atoms with Gasteiger partial charge in [-0.15, -0.1) is 0 Å². The summed E-state index contributed by atoms with van der Waals surface area (Å²) in [7, 11) is 1.62. The van der Waals surface area contributed by atoms with Crippen molar-refractivity contribution in [2.45, 2.75) is 45.6 Å². The van der Waals surface area contributed by atoms with Gasteiger partial charge in [-0.3, -0.25) is 4.79 Å². The first-order chi connectivity index (χ1) is 12.1. The highest BCUT2D eigenvalue weighted by Gasteiger charge is 2.33. The summed E-state index contributed by atoms with van der Waals surface area (Å²) in [5, 5.41) is 0. The topological polar surface area (TPSA) is 55.8 Å². The number of ether oxygens (including phenoxy) is 2. The van der Waals surface area contributed by atoms with Crippen LogP contribution in [0.3, 0.4) is 0 Å². The summed E-state index contributed by atoms with van der Waals surface area (Å²) < 4.78 is 10.2. The molecule has 2 atom stereocenters. The Balaban J connectivity index is 2.24. The van der Waals surface area contributed by atoms with Gasteiger partial charge < -0.3 is 14.4 Å². The quantitative estimate of drug-likeness (QED) is 0.558. The molecule has 1 aromatic rings. The lowest BCUT2D eigenvalue weighted by Crippen LogP contribution is -2.47. The van der Waals surface area contributed by atoms with Gasteiger partial charge in [-0.2, -0.15) is 0 Å². The Kier molecular flexibility index (Phi) is 7.04. The number of rotatable bonds is 7. The van der Waals surface area contributed by atoms with Crippen molar-refractivity contribution in [2.24, 2.45) is 5.92 Å². The number of carbonyl (C=O) groups is 2. The Bertz CT molecular complexity index is 609. The normalized spacial score (nSPS) is 19.1. The Hall–Kier alpha value is -2.30. The van der Waals surface area contributed by atoms with E-state index in [1.54, 1.807) is 14.0 Å². The number of hydrogen-bond donors (Lipinski definition) is 0. The molecule has 0 N–H and O–H groups in total. The van der Waals surface area contributed by atoms with Crippen molar-refractivity contribution in [1.82, 2.24) is 0 Å². The molecule has 1 fully saturated rings. The largest absolute Gasteiger partial charge is 0.497 e. The van der Waals surface area contributed by atoms with Gasteiger partial charge in [0, 0.05) is 24.2 Å². The van der Waals surface area contributed by atoms with Crippen molar-refractivity contribution < 1.29 is 19.1 Å². The van der Waals surface area contributed by atoms with Crippen LogP contribution in [-0.2, 0) is 14.3 Å². The van der Waals surface area contributed by atoms with E-state index < -0.39 is 0 Å². The molecular formula is C20H27NO4. The first kappa shape index (κ1) is 19.0. The lowest BCUT2D eigenvalue weighted by Gasteiger charge is -2.39. The van der Waals surface area contributed by atoms with E-state index in [2.05, 4.69) is 6.92 Å². The second kappa shape index (κ2) is 9.25. The maximum atomic E-state index is 12.6. The molecule has 0 radical (unpaired) electrons. The molecule has 2 rings (SSSR count).